The molecule has 0 aliphatic carbocycles. The monoisotopic (exact) mass is 493 g/mol. The number of nitrogens with zero attached hydrogens (tertiary/aromatic N) is 8. The molecular formula is C24H28FN9O2. The van der Waals surface area contributed by atoms with Crippen molar-refractivity contribution in [3.63, 3.8) is 0 Å². The Hall–Kier alpha value is -3.95. The fourth-order valence-electron chi connectivity index (χ4n) is 4.30. The maximum atomic E-state index is 14.5. The van der Waals surface area contributed by atoms with Gasteiger partial charge in [-0.25, -0.2) is 9.07 Å². The number of hydrogen-bond donors (Lipinski definition) is 1. The Bertz CT molecular complexity index is 1430. The third-order valence-corrected chi connectivity index (χ3v) is 6.15. The number of nitrogens with two attached hydrogens (primary N) is 1. The van der Waals surface area contributed by atoms with E-state index in [4.69, 9.17) is 15.2 Å². The van der Waals surface area contributed by atoms with Crippen LogP contribution in [-0.4, -0.2) is 87.3 Å². The lowest BCUT2D eigenvalue weighted by Gasteiger charge is -2.36. The first kappa shape index (κ1) is 23.8. The molecule has 2 N–H and O–H groups in total. The third-order valence-electron chi connectivity index (χ3n) is 6.15. The number of piperazine rings is 1. The van der Waals surface area contributed by atoms with Crippen LogP contribution in [0.15, 0.2) is 24.4 Å². The zero-order valence-electron chi connectivity index (χ0n) is 20.3. The quantitative estimate of drug-likeness (QED) is 0.288. The molecule has 11 nitrogen and oxygen atoms in total. The average Bonchev–Trinajstić information content (AvgIpc) is 3.49. The summed E-state index contributed by atoms with van der Waals surface area (Å²) in [5, 5.41) is 9.58. The fraction of sp³-hybridized carbons (Fsp3) is 0.417. The molecule has 4 aromatic rings. The van der Waals surface area contributed by atoms with Crippen LogP contribution < -0.4 is 15.4 Å². The Balaban J connectivity index is 1.23. The highest BCUT2D eigenvalue weighted by atomic mass is 19.1. The number of hydrogen-bond acceptors (Lipinski definition) is 9. The van der Waals surface area contributed by atoms with E-state index < -0.39 is 0 Å². The molecule has 0 amide bonds. The van der Waals surface area contributed by atoms with Crippen LogP contribution in [-0.2, 0) is 11.3 Å². The summed E-state index contributed by atoms with van der Waals surface area (Å²) in [5.74, 6) is 6.66. The van der Waals surface area contributed by atoms with E-state index >= 15 is 0 Å². The molecular weight excluding hydrogens is 465 g/mol. The SMILES string of the molecule is CC#Cc1nc2c3cnn(CCN4CCN(c5cc(OCCOC)ccc5F)CC4)c3nc(N)n2n1. The molecule has 0 atom stereocenters. The van der Waals surface area contributed by atoms with Gasteiger partial charge >= 0.3 is 0 Å². The third kappa shape index (κ3) is 4.75. The summed E-state index contributed by atoms with van der Waals surface area (Å²) >= 11 is 0. The highest BCUT2D eigenvalue weighted by Gasteiger charge is 2.21. The second-order valence-corrected chi connectivity index (χ2v) is 8.40. The Morgan fingerprint density at radius 2 is 1.92 bits per heavy atom. The first-order valence-corrected chi connectivity index (χ1v) is 11.8. The number of ether oxygens (including phenoxy) is 2. The molecule has 0 saturated carbocycles. The van der Waals surface area contributed by atoms with Crippen LogP contribution in [0, 0.1) is 17.7 Å². The molecule has 0 spiro atoms. The average molecular weight is 494 g/mol. The van der Waals surface area contributed by atoms with Crippen molar-refractivity contribution < 1.29 is 13.9 Å². The van der Waals surface area contributed by atoms with Gasteiger partial charge in [0.25, 0.3) is 0 Å². The minimum atomic E-state index is -0.248. The van der Waals surface area contributed by atoms with Gasteiger partial charge in [-0.15, -0.1) is 5.10 Å². The number of halogens is 1. The molecule has 5 rings (SSSR count). The lowest BCUT2D eigenvalue weighted by atomic mass is 10.2. The summed E-state index contributed by atoms with van der Waals surface area (Å²) in [7, 11) is 1.62. The van der Waals surface area contributed by atoms with E-state index in [1.54, 1.807) is 32.4 Å². The Morgan fingerprint density at radius 1 is 1.08 bits per heavy atom. The Morgan fingerprint density at radius 3 is 2.69 bits per heavy atom. The van der Waals surface area contributed by atoms with E-state index in [1.165, 1.54) is 10.6 Å². The van der Waals surface area contributed by atoms with Gasteiger partial charge in [0.1, 0.15) is 18.2 Å². The van der Waals surface area contributed by atoms with Gasteiger partial charge < -0.3 is 20.1 Å². The molecule has 1 saturated heterocycles. The Labute approximate surface area is 207 Å². The molecule has 1 aromatic carbocycles. The van der Waals surface area contributed by atoms with Crippen molar-refractivity contribution >= 4 is 28.3 Å². The second-order valence-electron chi connectivity index (χ2n) is 8.40. The van der Waals surface area contributed by atoms with Crippen molar-refractivity contribution in [3.8, 4) is 17.6 Å². The van der Waals surface area contributed by atoms with E-state index in [0.29, 0.717) is 61.4 Å². The van der Waals surface area contributed by atoms with Crippen LogP contribution in [0.4, 0.5) is 16.0 Å². The number of rotatable bonds is 8. The zero-order chi connectivity index (χ0) is 25.1. The number of fused-ring (bicyclic) bond motifs is 3. The van der Waals surface area contributed by atoms with Crippen LogP contribution in [0.25, 0.3) is 16.7 Å². The van der Waals surface area contributed by atoms with Gasteiger partial charge in [0.2, 0.25) is 11.8 Å². The van der Waals surface area contributed by atoms with Crippen molar-refractivity contribution in [2.45, 2.75) is 13.5 Å². The smallest absolute Gasteiger partial charge is 0.226 e. The minimum absolute atomic E-state index is 0.236. The molecule has 12 heteroatoms. The Kier molecular flexibility index (Phi) is 6.84. The zero-order valence-corrected chi connectivity index (χ0v) is 20.3. The molecule has 1 aliphatic heterocycles. The number of benzene rings is 1. The van der Waals surface area contributed by atoms with Gasteiger partial charge in [0.15, 0.2) is 11.3 Å². The highest BCUT2D eigenvalue weighted by molar-refractivity contribution is 5.89. The largest absolute Gasteiger partial charge is 0.491 e. The van der Waals surface area contributed by atoms with Gasteiger partial charge in [0.05, 0.1) is 30.4 Å². The number of anilines is 2. The predicted molar refractivity (Wildman–Crippen MR) is 133 cm³/mol. The van der Waals surface area contributed by atoms with Crippen molar-refractivity contribution in [1.82, 2.24) is 34.3 Å². The number of aromatic nitrogens is 6. The summed E-state index contributed by atoms with van der Waals surface area (Å²) in [6, 6.07) is 4.86. The first-order chi connectivity index (χ1) is 17.6. The highest BCUT2D eigenvalue weighted by Crippen LogP contribution is 2.26. The lowest BCUT2D eigenvalue weighted by Crippen LogP contribution is -2.47. The summed E-state index contributed by atoms with van der Waals surface area (Å²) in [6.45, 7) is 7.08. The summed E-state index contributed by atoms with van der Waals surface area (Å²) in [4.78, 5) is 13.4. The molecule has 188 valence electrons. The summed E-state index contributed by atoms with van der Waals surface area (Å²) in [5.41, 5.74) is 7.94. The van der Waals surface area contributed by atoms with Crippen molar-refractivity contribution in [3.05, 3.63) is 36.0 Å². The molecule has 1 fully saturated rings. The van der Waals surface area contributed by atoms with Crippen LogP contribution in [0.5, 0.6) is 5.75 Å². The first-order valence-electron chi connectivity index (χ1n) is 11.8. The maximum absolute atomic E-state index is 14.5. The predicted octanol–water partition coefficient (Wildman–Crippen LogP) is 1.41. The van der Waals surface area contributed by atoms with Crippen molar-refractivity contribution in [2.24, 2.45) is 0 Å². The lowest BCUT2D eigenvalue weighted by molar-refractivity contribution is 0.146. The fourth-order valence-corrected chi connectivity index (χ4v) is 4.30. The van der Waals surface area contributed by atoms with Crippen molar-refractivity contribution in [2.75, 3.05) is 63.7 Å². The van der Waals surface area contributed by atoms with E-state index in [1.807, 2.05) is 4.68 Å². The van der Waals surface area contributed by atoms with E-state index in [2.05, 4.69) is 41.8 Å². The van der Waals surface area contributed by atoms with Crippen LogP contribution in [0.3, 0.4) is 0 Å². The van der Waals surface area contributed by atoms with Crippen LogP contribution in [0.1, 0.15) is 12.7 Å². The van der Waals surface area contributed by atoms with E-state index in [9.17, 15) is 4.39 Å². The molecule has 4 heterocycles. The minimum Gasteiger partial charge on any atom is -0.491 e. The van der Waals surface area contributed by atoms with E-state index in [-0.39, 0.29) is 11.8 Å². The number of methoxy groups -OCH3 is 1. The standard InChI is InChI=1S/C24H28FN9O2/c1-3-4-21-28-23-18-16-27-33(22(18)29-24(26)34(23)30-21)12-9-31-7-10-32(11-8-31)20-15-17(5-6-19(20)25)36-14-13-35-2/h5-6,15-16H,7-14H2,1-2H3,(H2,26,29). The molecule has 1 aliphatic rings. The molecule has 0 unspecified atom stereocenters. The molecule has 3 aromatic heterocycles. The second kappa shape index (κ2) is 10.3. The van der Waals surface area contributed by atoms with Gasteiger partial charge in [-0.05, 0) is 25.0 Å². The maximum Gasteiger partial charge on any atom is 0.226 e. The van der Waals surface area contributed by atoms with E-state index in [0.717, 1.165) is 25.0 Å². The number of nitrogen functional groups attached to an aromatic ring is 1. The van der Waals surface area contributed by atoms with Gasteiger partial charge in [-0.2, -0.15) is 19.6 Å². The van der Waals surface area contributed by atoms with Gasteiger partial charge in [-0.1, -0.05) is 5.92 Å². The topological polar surface area (TPSA) is 112 Å². The summed E-state index contributed by atoms with van der Waals surface area (Å²) < 4.78 is 28.5. The van der Waals surface area contributed by atoms with Gasteiger partial charge in [-0.3, -0.25) is 4.90 Å². The molecule has 0 bridgehead atoms. The molecule has 0 radical (unpaired) electrons. The van der Waals surface area contributed by atoms with Crippen LogP contribution in [0.2, 0.25) is 0 Å². The van der Waals surface area contributed by atoms with Gasteiger partial charge in [0, 0.05) is 45.9 Å². The molecule has 36 heavy (non-hydrogen) atoms. The van der Waals surface area contributed by atoms with Crippen molar-refractivity contribution in [1.29, 1.82) is 0 Å². The normalized spacial score (nSPS) is 14.4. The summed E-state index contributed by atoms with van der Waals surface area (Å²) in [6.07, 6.45) is 1.73. The van der Waals surface area contributed by atoms with Crippen LogP contribution >= 0.6 is 0 Å².